The van der Waals surface area contributed by atoms with Gasteiger partial charge >= 0.3 is 12.6 Å². The summed E-state index contributed by atoms with van der Waals surface area (Å²) in [5.74, 6) is -1.78. The van der Waals surface area contributed by atoms with Gasteiger partial charge < -0.3 is 9.84 Å². The fourth-order valence-corrected chi connectivity index (χ4v) is 1.69. The van der Waals surface area contributed by atoms with E-state index in [-0.39, 0.29) is 16.5 Å². The van der Waals surface area contributed by atoms with E-state index in [0.717, 1.165) is 0 Å². The molecule has 0 aliphatic heterocycles. The molecule has 0 saturated heterocycles. The van der Waals surface area contributed by atoms with Gasteiger partial charge in [-0.3, -0.25) is 0 Å². The first-order valence-electron chi connectivity index (χ1n) is 4.31. The number of benzene rings is 1. The van der Waals surface area contributed by atoms with Crippen LogP contribution in [0.2, 0.25) is 0 Å². The summed E-state index contributed by atoms with van der Waals surface area (Å²) in [5, 5.41) is 17.8. The molecular weight excluding hydrogens is 300 g/mol. The molecule has 4 nitrogen and oxygen atoms in total. The molecule has 0 aliphatic rings. The van der Waals surface area contributed by atoms with Crippen molar-refractivity contribution in [2.24, 2.45) is 0 Å². The van der Waals surface area contributed by atoms with E-state index in [1.165, 1.54) is 12.1 Å². The van der Waals surface area contributed by atoms with Crippen molar-refractivity contribution in [1.29, 1.82) is 5.26 Å². The number of ether oxygens (including phenoxy) is 1. The number of aromatic carboxylic acids is 1. The summed E-state index contributed by atoms with van der Waals surface area (Å²) in [4.78, 5) is 10.8. The van der Waals surface area contributed by atoms with E-state index in [1.54, 1.807) is 6.07 Å². The summed E-state index contributed by atoms with van der Waals surface area (Å²) in [6.45, 7) is -3.12. The minimum Gasteiger partial charge on any atom is -0.478 e. The highest BCUT2D eigenvalue weighted by Gasteiger charge is 2.20. The van der Waals surface area contributed by atoms with Gasteiger partial charge in [0.15, 0.2) is 0 Å². The number of hydrogen-bond donors (Lipinski definition) is 1. The molecule has 1 N–H and O–H groups in total. The lowest BCUT2D eigenvalue weighted by Crippen LogP contribution is -2.09. The molecule has 0 bridgehead atoms. The molecule has 0 unspecified atom stereocenters. The maximum atomic E-state index is 12.2. The van der Waals surface area contributed by atoms with Crippen LogP contribution >= 0.6 is 15.9 Å². The van der Waals surface area contributed by atoms with Crippen LogP contribution in [0.1, 0.15) is 21.5 Å². The second-order valence-corrected chi connectivity index (χ2v) is 3.47. The summed E-state index contributed by atoms with van der Waals surface area (Å²) in [7, 11) is 0. The molecule has 0 fully saturated rings. The van der Waals surface area contributed by atoms with Gasteiger partial charge in [0.25, 0.3) is 0 Å². The first-order chi connectivity index (χ1) is 8.01. The average molecular weight is 306 g/mol. The average Bonchev–Trinajstić information content (AvgIpc) is 2.27. The smallest absolute Gasteiger partial charge is 0.387 e. The molecule has 1 rings (SSSR count). The zero-order valence-electron chi connectivity index (χ0n) is 8.28. The lowest BCUT2D eigenvalue weighted by atomic mass is 10.0. The van der Waals surface area contributed by atoms with Gasteiger partial charge in [0.05, 0.1) is 5.56 Å². The van der Waals surface area contributed by atoms with Crippen LogP contribution in [-0.4, -0.2) is 17.7 Å². The maximum Gasteiger partial charge on any atom is 0.387 e. The number of rotatable bonds is 4. The van der Waals surface area contributed by atoms with E-state index in [2.05, 4.69) is 20.7 Å². The van der Waals surface area contributed by atoms with Gasteiger partial charge in [-0.15, -0.1) is 0 Å². The van der Waals surface area contributed by atoms with Gasteiger partial charge in [0.2, 0.25) is 0 Å². The highest BCUT2D eigenvalue weighted by atomic mass is 79.9. The van der Waals surface area contributed by atoms with E-state index in [4.69, 9.17) is 10.4 Å². The van der Waals surface area contributed by atoms with Crippen LogP contribution in [0, 0.1) is 11.3 Å². The summed E-state index contributed by atoms with van der Waals surface area (Å²) >= 11 is 3.04. The lowest BCUT2D eigenvalue weighted by Gasteiger charge is -2.12. The van der Waals surface area contributed by atoms with Crippen LogP contribution in [0.15, 0.2) is 12.1 Å². The fourth-order valence-electron chi connectivity index (χ4n) is 1.24. The zero-order valence-corrected chi connectivity index (χ0v) is 9.87. The molecule has 1 aromatic rings. The Morgan fingerprint density at radius 1 is 1.59 bits per heavy atom. The number of hydrogen-bond acceptors (Lipinski definition) is 3. The molecule has 0 aromatic heterocycles. The summed E-state index contributed by atoms with van der Waals surface area (Å²) < 4.78 is 28.6. The molecule has 0 radical (unpaired) electrons. The molecule has 0 amide bonds. The third-order valence-corrected chi connectivity index (χ3v) is 2.54. The number of carbonyl (C=O) groups is 1. The first-order valence-corrected chi connectivity index (χ1v) is 5.43. The van der Waals surface area contributed by atoms with Crippen molar-refractivity contribution >= 4 is 21.9 Å². The third-order valence-electron chi connectivity index (χ3n) is 1.93. The highest BCUT2D eigenvalue weighted by molar-refractivity contribution is 9.08. The predicted molar refractivity (Wildman–Crippen MR) is 57.4 cm³/mol. The van der Waals surface area contributed by atoms with Crippen LogP contribution in [0.4, 0.5) is 8.78 Å². The van der Waals surface area contributed by atoms with E-state index in [0.29, 0.717) is 0 Å². The Hall–Kier alpha value is -1.68. The SMILES string of the molecule is N#Cc1c(C(=O)O)ccc(CBr)c1OC(F)F. The van der Waals surface area contributed by atoms with Crippen molar-refractivity contribution < 1.29 is 23.4 Å². The maximum absolute atomic E-state index is 12.2. The molecule has 0 aliphatic carbocycles. The molecule has 0 heterocycles. The van der Waals surface area contributed by atoms with E-state index in [9.17, 15) is 13.6 Å². The molecule has 90 valence electrons. The minimum atomic E-state index is -3.12. The van der Waals surface area contributed by atoms with E-state index >= 15 is 0 Å². The minimum absolute atomic E-state index is 0.170. The lowest BCUT2D eigenvalue weighted by molar-refractivity contribution is -0.0505. The Morgan fingerprint density at radius 2 is 2.24 bits per heavy atom. The van der Waals surface area contributed by atoms with Gasteiger partial charge in [0, 0.05) is 10.9 Å². The van der Waals surface area contributed by atoms with Crippen LogP contribution in [0.3, 0.4) is 0 Å². The monoisotopic (exact) mass is 305 g/mol. The molecule has 17 heavy (non-hydrogen) atoms. The number of alkyl halides is 3. The first kappa shape index (κ1) is 13.4. The molecule has 0 spiro atoms. The summed E-state index contributed by atoms with van der Waals surface area (Å²) in [6.07, 6.45) is 0. The van der Waals surface area contributed by atoms with Crippen molar-refractivity contribution in [2.75, 3.05) is 0 Å². The predicted octanol–water partition coefficient (Wildman–Crippen LogP) is 2.75. The number of halogens is 3. The highest BCUT2D eigenvalue weighted by Crippen LogP contribution is 2.30. The Labute approximate surface area is 104 Å². The molecular formula is C10H6BrF2NO3. The topological polar surface area (TPSA) is 70.3 Å². The Balaban J connectivity index is 3.44. The van der Waals surface area contributed by atoms with Gasteiger partial charge in [-0.2, -0.15) is 14.0 Å². The molecule has 1 aromatic carbocycles. The van der Waals surface area contributed by atoms with E-state index in [1.807, 2.05) is 0 Å². The second-order valence-electron chi connectivity index (χ2n) is 2.91. The molecule has 7 heteroatoms. The molecule has 0 saturated carbocycles. The standard InChI is InChI=1S/C10H6BrF2NO3/c11-3-5-1-2-6(9(15)16)7(4-14)8(5)17-10(12)13/h1-2,10H,3H2,(H,15,16). The zero-order chi connectivity index (χ0) is 13.0. The van der Waals surface area contributed by atoms with Crippen LogP contribution in [0.25, 0.3) is 0 Å². The van der Waals surface area contributed by atoms with Gasteiger partial charge in [-0.1, -0.05) is 22.0 Å². The number of carboxylic acids is 1. The Kier molecular flexibility index (Phi) is 4.40. The largest absolute Gasteiger partial charge is 0.478 e. The fraction of sp³-hybridized carbons (Fsp3) is 0.200. The van der Waals surface area contributed by atoms with E-state index < -0.39 is 23.9 Å². The summed E-state index contributed by atoms with van der Waals surface area (Å²) in [5.41, 5.74) is -0.491. The van der Waals surface area contributed by atoms with Crippen LogP contribution in [0.5, 0.6) is 5.75 Å². The van der Waals surface area contributed by atoms with Crippen molar-refractivity contribution in [2.45, 2.75) is 11.9 Å². The number of carboxylic acid groups (broad SMARTS) is 1. The van der Waals surface area contributed by atoms with Crippen molar-refractivity contribution in [1.82, 2.24) is 0 Å². The van der Waals surface area contributed by atoms with Crippen molar-refractivity contribution in [3.05, 3.63) is 28.8 Å². The second kappa shape index (κ2) is 5.59. The quantitative estimate of drug-likeness (QED) is 0.868. The third kappa shape index (κ3) is 2.91. The summed E-state index contributed by atoms with van der Waals surface area (Å²) in [6, 6.07) is 4.06. The number of nitrogens with zero attached hydrogens (tertiary/aromatic N) is 1. The number of nitriles is 1. The van der Waals surface area contributed by atoms with Crippen molar-refractivity contribution in [3.8, 4) is 11.8 Å². The molecule has 0 atom stereocenters. The van der Waals surface area contributed by atoms with Gasteiger partial charge in [-0.25, -0.2) is 4.79 Å². The van der Waals surface area contributed by atoms with Crippen molar-refractivity contribution in [3.63, 3.8) is 0 Å². The van der Waals surface area contributed by atoms with Gasteiger partial charge in [0.1, 0.15) is 17.4 Å². The van der Waals surface area contributed by atoms with Gasteiger partial charge in [-0.05, 0) is 6.07 Å². The van der Waals surface area contributed by atoms with Crippen LogP contribution < -0.4 is 4.74 Å². The Bertz CT molecular complexity index is 485. The van der Waals surface area contributed by atoms with Crippen LogP contribution in [-0.2, 0) is 5.33 Å². The normalized spacial score (nSPS) is 10.1. The Morgan fingerprint density at radius 3 is 2.65 bits per heavy atom.